The average molecular weight is 380 g/mol. The van der Waals surface area contributed by atoms with Crippen LogP contribution >= 0.6 is 0 Å². The fourth-order valence-corrected chi connectivity index (χ4v) is 3.21. The van der Waals surface area contributed by atoms with Gasteiger partial charge in [-0.2, -0.15) is 0 Å². The van der Waals surface area contributed by atoms with Gasteiger partial charge in [-0.25, -0.2) is 9.78 Å². The van der Waals surface area contributed by atoms with Gasteiger partial charge in [0, 0.05) is 12.7 Å². The highest BCUT2D eigenvalue weighted by molar-refractivity contribution is 5.94. The van der Waals surface area contributed by atoms with Gasteiger partial charge >= 0.3 is 5.97 Å². The minimum Gasteiger partial charge on any atom is -0.461 e. The van der Waals surface area contributed by atoms with Gasteiger partial charge in [0.2, 0.25) is 0 Å². The van der Waals surface area contributed by atoms with Crippen molar-refractivity contribution in [3.63, 3.8) is 0 Å². The van der Waals surface area contributed by atoms with Gasteiger partial charge in [-0.15, -0.1) is 0 Å². The Morgan fingerprint density at radius 3 is 2.36 bits per heavy atom. The number of imidazole rings is 1. The summed E-state index contributed by atoms with van der Waals surface area (Å²) in [7, 11) is 1.58. The maximum atomic E-state index is 12.5. The third-order valence-electron chi connectivity index (χ3n) is 4.51. The molecule has 28 heavy (non-hydrogen) atoms. The van der Waals surface area contributed by atoms with Gasteiger partial charge in [0.1, 0.15) is 6.10 Å². The van der Waals surface area contributed by atoms with Crippen molar-refractivity contribution in [1.82, 2.24) is 9.55 Å². The molecular formula is C22H24N2O4. The van der Waals surface area contributed by atoms with Crippen LogP contribution in [-0.2, 0) is 9.47 Å². The molecule has 6 nitrogen and oxygen atoms in total. The van der Waals surface area contributed by atoms with Crippen molar-refractivity contribution in [3.8, 4) is 11.3 Å². The number of hydrogen-bond donors (Lipinski definition) is 1. The first-order chi connectivity index (χ1) is 13.7. The summed E-state index contributed by atoms with van der Waals surface area (Å²) in [6.45, 7) is 2.26. The molecule has 1 unspecified atom stereocenters. The molecule has 0 amide bonds. The zero-order valence-corrected chi connectivity index (χ0v) is 16.0. The Morgan fingerprint density at radius 2 is 1.75 bits per heavy atom. The summed E-state index contributed by atoms with van der Waals surface area (Å²) in [6, 6.07) is 18.4. The summed E-state index contributed by atoms with van der Waals surface area (Å²) in [5.41, 5.74) is 2.38. The van der Waals surface area contributed by atoms with E-state index in [0.29, 0.717) is 5.69 Å². The second-order valence-electron chi connectivity index (χ2n) is 6.31. The number of hydrogen-bond acceptors (Lipinski definition) is 5. The second kappa shape index (κ2) is 9.30. The van der Waals surface area contributed by atoms with Gasteiger partial charge in [-0.3, -0.25) is 0 Å². The average Bonchev–Trinajstić information content (AvgIpc) is 3.18. The predicted octanol–water partition coefficient (Wildman–Crippen LogP) is 3.65. The molecule has 1 N–H and O–H groups in total. The van der Waals surface area contributed by atoms with Crippen LogP contribution in [0.25, 0.3) is 11.3 Å². The molecule has 6 heteroatoms. The maximum Gasteiger partial charge on any atom is 0.359 e. The molecule has 0 spiro atoms. The SMILES string of the molecule is CCOC(=O)c1ncn(C(COC)[C@@H](O)c2ccccc2)c1-c1ccccc1. The van der Waals surface area contributed by atoms with Crippen molar-refractivity contribution in [2.24, 2.45) is 0 Å². The number of nitrogens with zero attached hydrogens (tertiary/aromatic N) is 2. The van der Waals surface area contributed by atoms with Crippen LogP contribution in [0.1, 0.15) is 35.1 Å². The van der Waals surface area contributed by atoms with Crippen LogP contribution in [0.15, 0.2) is 67.0 Å². The van der Waals surface area contributed by atoms with Crippen LogP contribution in [0.5, 0.6) is 0 Å². The first-order valence-electron chi connectivity index (χ1n) is 9.18. The summed E-state index contributed by atoms with van der Waals surface area (Å²) in [5.74, 6) is -0.495. The quantitative estimate of drug-likeness (QED) is 0.604. The summed E-state index contributed by atoms with van der Waals surface area (Å²) in [6.07, 6.45) is 0.720. The standard InChI is InChI=1S/C22H24N2O4/c1-3-28-22(26)19-20(16-10-6-4-7-11-16)24(15-23-19)18(14-27-2)21(25)17-12-8-5-9-13-17/h4-13,15,18,21,25H,3,14H2,1-2H3/t18?,21-/m0/s1. The lowest BCUT2D eigenvalue weighted by atomic mass is 10.0. The van der Waals surface area contributed by atoms with E-state index in [0.717, 1.165) is 11.1 Å². The molecule has 0 bridgehead atoms. The Hall–Kier alpha value is -2.96. The molecule has 1 aromatic heterocycles. The Balaban J connectivity index is 2.11. The van der Waals surface area contributed by atoms with E-state index in [4.69, 9.17) is 9.47 Å². The van der Waals surface area contributed by atoms with Gasteiger partial charge in [0.05, 0.1) is 31.3 Å². The number of carbonyl (C=O) groups is 1. The van der Waals surface area contributed by atoms with Crippen LogP contribution in [-0.4, -0.2) is 41.0 Å². The third-order valence-corrected chi connectivity index (χ3v) is 4.51. The number of aromatic nitrogens is 2. The van der Waals surface area contributed by atoms with E-state index in [-0.39, 0.29) is 18.9 Å². The fourth-order valence-electron chi connectivity index (χ4n) is 3.21. The number of rotatable bonds is 8. The molecule has 146 valence electrons. The summed E-state index contributed by atoms with van der Waals surface area (Å²) >= 11 is 0. The molecule has 1 heterocycles. The Bertz CT molecular complexity index is 893. The van der Waals surface area contributed by atoms with E-state index in [2.05, 4.69) is 4.98 Å². The predicted molar refractivity (Wildman–Crippen MR) is 106 cm³/mol. The Morgan fingerprint density at radius 1 is 1.11 bits per heavy atom. The van der Waals surface area contributed by atoms with Gasteiger partial charge < -0.3 is 19.1 Å². The largest absolute Gasteiger partial charge is 0.461 e. The monoisotopic (exact) mass is 380 g/mol. The molecule has 3 rings (SSSR count). The molecule has 0 radical (unpaired) electrons. The molecule has 3 aromatic rings. The van der Waals surface area contributed by atoms with Gasteiger partial charge in [0.25, 0.3) is 0 Å². The van der Waals surface area contributed by atoms with E-state index in [1.807, 2.05) is 60.7 Å². The van der Waals surface area contributed by atoms with E-state index in [9.17, 15) is 9.90 Å². The third kappa shape index (κ3) is 4.13. The highest BCUT2D eigenvalue weighted by Gasteiger charge is 2.29. The van der Waals surface area contributed by atoms with Gasteiger partial charge in [0.15, 0.2) is 5.69 Å². The normalized spacial score (nSPS) is 13.1. The van der Waals surface area contributed by atoms with Crippen molar-refractivity contribution >= 4 is 5.97 Å². The van der Waals surface area contributed by atoms with Crippen molar-refractivity contribution in [2.75, 3.05) is 20.3 Å². The first kappa shape index (κ1) is 19.8. The zero-order valence-electron chi connectivity index (χ0n) is 16.0. The van der Waals surface area contributed by atoms with Crippen molar-refractivity contribution in [2.45, 2.75) is 19.1 Å². The van der Waals surface area contributed by atoms with Crippen LogP contribution in [0.3, 0.4) is 0 Å². The summed E-state index contributed by atoms with van der Waals surface area (Å²) in [4.78, 5) is 16.8. The molecule has 2 aromatic carbocycles. The number of esters is 1. The minimum absolute atomic E-state index is 0.217. The van der Waals surface area contributed by atoms with Gasteiger partial charge in [-0.05, 0) is 12.5 Å². The maximum absolute atomic E-state index is 12.5. The number of ether oxygens (including phenoxy) is 2. The number of benzene rings is 2. The molecule has 0 aliphatic carbocycles. The topological polar surface area (TPSA) is 73.6 Å². The smallest absolute Gasteiger partial charge is 0.359 e. The molecule has 0 saturated carbocycles. The van der Waals surface area contributed by atoms with Crippen LogP contribution in [0.2, 0.25) is 0 Å². The fraction of sp³-hybridized carbons (Fsp3) is 0.273. The van der Waals surface area contributed by atoms with E-state index in [1.165, 1.54) is 0 Å². The Kier molecular flexibility index (Phi) is 6.57. The number of carbonyl (C=O) groups excluding carboxylic acids is 1. The lowest BCUT2D eigenvalue weighted by molar-refractivity contribution is 0.0508. The second-order valence-corrected chi connectivity index (χ2v) is 6.31. The number of aliphatic hydroxyl groups is 1. The molecular weight excluding hydrogens is 356 g/mol. The number of methoxy groups -OCH3 is 1. The van der Waals surface area contributed by atoms with Crippen LogP contribution in [0, 0.1) is 0 Å². The van der Waals surface area contributed by atoms with E-state index >= 15 is 0 Å². The van der Waals surface area contributed by atoms with Crippen LogP contribution < -0.4 is 0 Å². The van der Waals surface area contributed by atoms with Crippen LogP contribution in [0.4, 0.5) is 0 Å². The molecule has 0 aliphatic heterocycles. The highest BCUT2D eigenvalue weighted by Crippen LogP contribution is 2.33. The summed E-state index contributed by atoms with van der Waals surface area (Å²) < 4.78 is 12.4. The lowest BCUT2D eigenvalue weighted by Crippen LogP contribution is -2.23. The molecule has 0 aliphatic rings. The van der Waals surface area contributed by atoms with E-state index < -0.39 is 18.1 Å². The lowest BCUT2D eigenvalue weighted by Gasteiger charge is -2.26. The van der Waals surface area contributed by atoms with Crippen molar-refractivity contribution in [3.05, 3.63) is 78.2 Å². The molecule has 0 saturated heterocycles. The van der Waals surface area contributed by atoms with E-state index in [1.54, 1.807) is 24.9 Å². The van der Waals surface area contributed by atoms with Crippen molar-refractivity contribution in [1.29, 1.82) is 0 Å². The number of aliphatic hydroxyl groups excluding tert-OH is 1. The Labute approximate surface area is 164 Å². The summed E-state index contributed by atoms with van der Waals surface area (Å²) in [5, 5.41) is 11.0. The molecule has 0 fully saturated rings. The molecule has 2 atom stereocenters. The van der Waals surface area contributed by atoms with Crippen molar-refractivity contribution < 1.29 is 19.4 Å². The minimum atomic E-state index is -0.840. The zero-order chi connectivity index (χ0) is 19.9. The first-order valence-corrected chi connectivity index (χ1v) is 9.18. The van der Waals surface area contributed by atoms with Gasteiger partial charge in [-0.1, -0.05) is 60.7 Å². The highest BCUT2D eigenvalue weighted by atomic mass is 16.5.